The zero-order chi connectivity index (χ0) is 16.1. The van der Waals surface area contributed by atoms with Gasteiger partial charge in [0.05, 0.1) is 5.92 Å². The van der Waals surface area contributed by atoms with Crippen LogP contribution in [-0.4, -0.2) is 21.1 Å². The summed E-state index contributed by atoms with van der Waals surface area (Å²) in [4.78, 5) is 16.6. The van der Waals surface area contributed by atoms with Crippen LogP contribution in [0, 0.1) is 0 Å². The molecule has 0 aliphatic carbocycles. The summed E-state index contributed by atoms with van der Waals surface area (Å²) in [6.07, 6.45) is 4.16. The van der Waals surface area contributed by atoms with Crippen molar-refractivity contribution in [1.82, 2.24) is 15.2 Å². The van der Waals surface area contributed by atoms with E-state index >= 15 is 0 Å². The Kier molecular flexibility index (Phi) is 4.73. The van der Waals surface area contributed by atoms with Gasteiger partial charge in [-0.25, -0.2) is 0 Å². The topological polar surface area (TPSA) is 67.8 Å². The number of hydrogen-bond acceptors (Lipinski definition) is 5. The van der Waals surface area contributed by atoms with Crippen molar-refractivity contribution in [3.05, 3.63) is 60.4 Å². The van der Waals surface area contributed by atoms with Crippen LogP contribution in [-0.2, 0) is 4.79 Å². The molecule has 1 aromatic carbocycles. The van der Waals surface area contributed by atoms with E-state index in [1.165, 1.54) is 11.3 Å². The van der Waals surface area contributed by atoms with E-state index in [0.717, 1.165) is 22.6 Å². The quantitative estimate of drug-likeness (QED) is 0.776. The molecule has 3 aromatic rings. The molecule has 0 unspecified atom stereocenters. The predicted octanol–water partition coefficient (Wildman–Crippen LogP) is 3.73. The van der Waals surface area contributed by atoms with Crippen molar-refractivity contribution in [3.8, 4) is 10.6 Å². The molecule has 0 saturated carbocycles. The van der Waals surface area contributed by atoms with Gasteiger partial charge in [0.1, 0.15) is 0 Å². The molecule has 0 aliphatic heterocycles. The Morgan fingerprint density at radius 2 is 2.00 bits per heavy atom. The lowest BCUT2D eigenvalue weighted by atomic mass is 9.96. The van der Waals surface area contributed by atoms with E-state index in [1.54, 1.807) is 12.4 Å². The van der Waals surface area contributed by atoms with Gasteiger partial charge in [0.25, 0.3) is 0 Å². The van der Waals surface area contributed by atoms with E-state index in [0.29, 0.717) is 5.13 Å². The van der Waals surface area contributed by atoms with Gasteiger partial charge >= 0.3 is 0 Å². The standard InChI is InChI=1S/C17H16N4OS/c1-2-14(12-7-4-3-5-8-12)15(22)19-17-21-20-16(23-17)13-9-6-10-18-11-13/h3-11,14H,2H2,1H3,(H,19,21,22)/t14-/m0/s1. The van der Waals surface area contributed by atoms with Crippen LogP contribution in [0.15, 0.2) is 54.9 Å². The lowest BCUT2D eigenvalue weighted by molar-refractivity contribution is -0.117. The minimum atomic E-state index is -0.193. The Bertz CT molecular complexity index is 774. The molecule has 1 N–H and O–H groups in total. The fourth-order valence-corrected chi connectivity index (χ4v) is 3.07. The van der Waals surface area contributed by atoms with Gasteiger partial charge in [-0.05, 0) is 24.1 Å². The fraction of sp³-hybridized carbons (Fsp3) is 0.176. The zero-order valence-corrected chi connectivity index (χ0v) is 13.5. The lowest BCUT2D eigenvalue weighted by Gasteiger charge is -2.13. The van der Waals surface area contributed by atoms with Gasteiger partial charge in [0, 0.05) is 18.0 Å². The van der Waals surface area contributed by atoms with Crippen LogP contribution < -0.4 is 5.32 Å². The third kappa shape index (κ3) is 3.60. The summed E-state index contributed by atoms with van der Waals surface area (Å²) in [7, 11) is 0. The summed E-state index contributed by atoms with van der Waals surface area (Å²) in [5.41, 5.74) is 1.89. The summed E-state index contributed by atoms with van der Waals surface area (Å²) >= 11 is 1.34. The van der Waals surface area contributed by atoms with Gasteiger partial charge in [-0.15, -0.1) is 10.2 Å². The number of pyridine rings is 1. The Morgan fingerprint density at radius 1 is 1.17 bits per heavy atom. The van der Waals surface area contributed by atoms with Gasteiger partial charge in [-0.2, -0.15) is 0 Å². The molecule has 5 nitrogen and oxygen atoms in total. The van der Waals surface area contributed by atoms with Crippen LogP contribution in [0.2, 0.25) is 0 Å². The van der Waals surface area contributed by atoms with Crippen LogP contribution in [0.1, 0.15) is 24.8 Å². The van der Waals surface area contributed by atoms with Crippen LogP contribution in [0.4, 0.5) is 5.13 Å². The molecule has 0 saturated heterocycles. The molecule has 0 bridgehead atoms. The van der Waals surface area contributed by atoms with Crippen molar-refractivity contribution >= 4 is 22.4 Å². The number of nitrogens with zero attached hydrogens (tertiary/aromatic N) is 3. The molecule has 2 aromatic heterocycles. The maximum atomic E-state index is 12.5. The normalized spacial score (nSPS) is 11.9. The largest absolute Gasteiger partial charge is 0.300 e. The molecule has 0 radical (unpaired) electrons. The zero-order valence-electron chi connectivity index (χ0n) is 12.6. The number of carbonyl (C=O) groups is 1. The Balaban J connectivity index is 1.74. The highest BCUT2D eigenvalue weighted by atomic mass is 32.1. The number of anilines is 1. The second-order valence-electron chi connectivity index (χ2n) is 5.01. The van der Waals surface area contributed by atoms with Crippen molar-refractivity contribution in [3.63, 3.8) is 0 Å². The monoisotopic (exact) mass is 324 g/mol. The van der Waals surface area contributed by atoms with Gasteiger partial charge in [-0.3, -0.25) is 15.1 Å². The van der Waals surface area contributed by atoms with Crippen molar-refractivity contribution < 1.29 is 4.79 Å². The van der Waals surface area contributed by atoms with Gasteiger partial charge in [0.2, 0.25) is 11.0 Å². The molecule has 116 valence electrons. The first kappa shape index (κ1) is 15.3. The molecule has 0 aliphatic rings. The van der Waals surface area contributed by atoms with Crippen LogP contribution in [0.5, 0.6) is 0 Å². The maximum Gasteiger partial charge on any atom is 0.233 e. The first-order valence-electron chi connectivity index (χ1n) is 7.37. The number of aromatic nitrogens is 3. The van der Waals surface area contributed by atoms with Crippen LogP contribution >= 0.6 is 11.3 Å². The van der Waals surface area contributed by atoms with E-state index in [1.807, 2.05) is 49.4 Å². The summed E-state index contributed by atoms with van der Waals surface area (Å²) in [6, 6.07) is 13.5. The van der Waals surface area contributed by atoms with Crippen LogP contribution in [0.3, 0.4) is 0 Å². The Labute approximate surface area is 138 Å². The Hall–Kier alpha value is -2.60. The Morgan fingerprint density at radius 3 is 2.70 bits per heavy atom. The summed E-state index contributed by atoms with van der Waals surface area (Å²) in [5, 5.41) is 12.3. The fourth-order valence-electron chi connectivity index (χ4n) is 2.33. The van der Waals surface area contributed by atoms with Gasteiger partial charge in [0.15, 0.2) is 5.01 Å². The highest BCUT2D eigenvalue weighted by Gasteiger charge is 2.20. The third-order valence-electron chi connectivity index (χ3n) is 3.49. The first-order chi connectivity index (χ1) is 11.3. The molecule has 3 rings (SSSR count). The summed E-state index contributed by atoms with van der Waals surface area (Å²) < 4.78 is 0. The molecule has 0 fully saturated rings. The predicted molar refractivity (Wildman–Crippen MR) is 91.2 cm³/mol. The summed E-state index contributed by atoms with van der Waals surface area (Å²) in [5.74, 6) is -0.255. The number of hydrogen-bond donors (Lipinski definition) is 1. The van der Waals surface area contributed by atoms with Crippen molar-refractivity contribution in [2.75, 3.05) is 5.32 Å². The number of carbonyl (C=O) groups excluding carboxylic acids is 1. The number of rotatable bonds is 5. The highest BCUT2D eigenvalue weighted by molar-refractivity contribution is 7.18. The maximum absolute atomic E-state index is 12.5. The molecule has 23 heavy (non-hydrogen) atoms. The van der Waals surface area contributed by atoms with Gasteiger partial charge in [-0.1, -0.05) is 48.6 Å². The molecular formula is C17H16N4OS. The first-order valence-corrected chi connectivity index (χ1v) is 8.19. The molecule has 1 atom stereocenters. The van der Waals surface area contributed by atoms with Crippen molar-refractivity contribution in [2.24, 2.45) is 0 Å². The molecule has 0 spiro atoms. The van der Waals surface area contributed by atoms with Crippen molar-refractivity contribution in [2.45, 2.75) is 19.3 Å². The second kappa shape index (κ2) is 7.11. The SMILES string of the molecule is CC[C@H](C(=O)Nc1nnc(-c2cccnc2)s1)c1ccccc1. The molecule has 1 amide bonds. The van der Waals surface area contributed by atoms with Gasteiger partial charge < -0.3 is 0 Å². The third-order valence-corrected chi connectivity index (χ3v) is 4.38. The minimum Gasteiger partial charge on any atom is -0.300 e. The van der Waals surface area contributed by atoms with E-state index < -0.39 is 0 Å². The van der Waals surface area contributed by atoms with E-state index in [4.69, 9.17) is 0 Å². The minimum absolute atomic E-state index is 0.0624. The van der Waals surface area contributed by atoms with E-state index in [-0.39, 0.29) is 11.8 Å². The number of nitrogens with one attached hydrogen (secondary N) is 1. The highest BCUT2D eigenvalue weighted by Crippen LogP contribution is 2.27. The van der Waals surface area contributed by atoms with Crippen molar-refractivity contribution in [1.29, 1.82) is 0 Å². The molecule has 2 heterocycles. The van der Waals surface area contributed by atoms with Crippen LogP contribution in [0.25, 0.3) is 10.6 Å². The number of amides is 1. The second-order valence-corrected chi connectivity index (χ2v) is 5.99. The lowest BCUT2D eigenvalue weighted by Crippen LogP contribution is -2.20. The van der Waals surface area contributed by atoms with E-state index in [9.17, 15) is 4.79 Å². The summed E-state index contributed by atoms with van der Waals surface area (Å²) in [6.45, 7) is 2.00. The van der Waals surface area contributed by atoms with E-state index in [2.05, 4.69) is 20.5 Å². The smallest absolute Gasteiger partial charge is 0.233 e. The average molecular weight is 324 g/mol. The molecular weight excluding hydrogens is 308 g/mol. The molecule has 6 heteroatoms. The average Bonchev–Trinajstić information content (AvgIpc) is 3.06. The number of benzene rings is 1.